The minimum absolute atomic E-state index is 0.617. The third-order valence-corrected chi connectivity index (χ3v) is 4.52. The van der Waals surface area contributed by atoms with Crippen LogP contribution >= 0.6 is 34.5 Å². The lowest BCUT2D eigenvalue weighted by atomic mass is 10.0. The van der Waals surface area contributed by atoms with Gasteiger partial charge in [0.15, 0.2) is 0 Å². The molecule has 0 fully saturated rings. The SMILES string of the molecule is Cn1nc(-c2ccc(Cl)s2)c(-c2ccc(Cl)cc2)c1N. The molecule has 0 bridgehead atoms. The van der Waals surface area contributed by atoms with E-state index in [0.717, 1.165) is 26.0 Å². The summed E-state index contributed by atoms with van der Waals surface area (Å²) in [6, 6.07) is 11.4. The van der Waals surface area contributed by atoms with Crippen LogP contribution in [0.2, 0.25) is 9.36 Å². The van der Waals surface area contributed by atoms with Gasteiger partial charge in [0, 0.05) is 12.1 Å². The van der Waals surface area contributed by atoms with Gasteiger partial charge in [-0.1, -0.05) is 35.3 Å². The van der Waals surface area contributed by atoms with Crippen LogP contribution in [-0.4, -0.2) is 9.78 Å². The third kappa shape index (κ3) is 2.30. The van der Waals surface area contributed by atoms with Gasteiger partial charge < -0.3 is 5.73 Å². The molecule has 6 heteroatoms. The molecule has 3 nitrogen and oxygen atoms in total. The second-order valence-corrected chi connectivity index (χ2v) is 6.49. The van der Waals surface area contributed by atoms with Crippen molar-refractivity contribution in [2.75, 3.05) is 5.73 Å². The number of hydrogen-bond acceptors (Lipinski definition) is 3. The van der Waals surface area contributed by atoms with E-state index < -0.39 is 0 Å². The van der Waals surface area contributed by atoms with Crippen LogP contribution in [0.15, 0.2) is 36.4 Å². The summed E-state index contributed by atoms with van der Waals surface area (Å²) < 4.78 is 2.40. The van der Waals surface area contributed by atoms with E-state index in [2.05, 4.69) is 5.10 Å². The Labute approximate surface area is 130 Å². The monoisotopic (exact) mass is 323 g/mol. The van der Waals surface area contributed by atoms with Crippen LogP contribution in [0.4, 0.5) is 5.82 Å². The molecule has 3 rings (SSSR count). The normalized spacial score (nSPS) is 10.9. The zero-order chi connectivity index (χ0) is 14.3. The number of nitrogen functional groups attached to an aromatic ring is 1. The van der Waals surface area contributed by atoms with Crippen LogP contribution < -0.4 is 5.73 Å². The molecule has 2 heterocycles. The summed E-state index contributed by atoms with van der Waals surface area (Å²) in [5.41, 5.74) is 8.88. The highest BCUT2D eigenvalue weighted by atomic mass is 35.5. The highest BCUT2D eigenvalue weighted by Gasteiger charge is 2.18. The predicted octanol–water partition coefficient (Wildman–Crippen LogP) is 4.70. The van der Waals surface area contributed by atoms with Crippen molar-refractivity contribution in [1.82, 2.24) is 9.78 Å². The number of rotatable bonds is 2. The lowest BCUT2D eigenvalue weighted by Crippen LogP contribution is -1.97. The van der Waals surface area contributed by atoms with Crippen LogP contribution in [0.3, 0.4) is 0 Å². The van der Waals surface area contributed by atoms with E-state index in [1.54, 1.807) is 4.68 Å². The van der Waals surface area contributed by atoms with Crippen LogP contribution in [0.5, 0.6) is 0 Å². The van der Waals surface area contributed by atoms with Gasteiger partial charge in [-0.3, -0.25) is 4.68 Å². The maximum absolute atomic E-state index is 6.16. The van der Waals surface area contributed by atoms with E-state index in [1.165, 1.54) is 11.3 Å². The third-order valence-electron chi connectivity index (χ3n) is 3.03. The fourth-order valence-corrected chi connectivity index (χ4v) is 3.21. The quantitative estimate of drug-likeness (QED) is 0.742. The second-order valence-electron chi connectivity index (χ2n) is 4.34. The molecule has 0 aliphatic heterocycles. The minimum atomic E-state index is 0.617. The Morgan fingerprint density at radius 3 is 2.40 bits per heavy atom. The van der Waals surface area contributed by atoms with Crippen LogP contribution in [0.25, 0.3) is 21.7 Å². The number of thiophene rings is 1. The van der Waals surface area contributed by atoms with Gasteiger partial charge in [-0.05, 0) is 29.8 Å². The van der Waals surface area contributed by atoms with Crippen molar-refractivity contribution < 1.29 is 0 Å². The van der Waals surface area contributed by atoms with Gasteiger partial charge in [-0.25, -0.2) is 0 Å². The fraction of sp³-hybridized carbons (Fsp3) is 0.0714. The average Bonchev–Trinajstić information content (AvgIpc) is 2.97. The Hall–Kier alpha value is -1.49. The van der Waals surface area contributed by atoms with E-state index in [-0.39, 0.29) is 0 Å². The Kier molecular flexibility index (Phi) is 3.46. The molecule has 0 saturated heterocycles. The first kappa shape index (κ1) is 13.5. The number of hydrogen-bond donors (Lipinski definition) is 1. The lowest BCUT2D eigenvalue weighted by molar-refractivity contribution is 0.783. The molecule has 20 heavy (non-hydrogen) atoms. The molecule has 0 radical (unpaired) electrons. The van der Waals surface area contributed by atoms with Crippen LogP contribution in [-0.2, 0) is 7.05 Å². The number of aromatic nitrogens is 2. The molecule has 0 amide bonds. The molecule has 2 N–H and O–H groups in total. The standard InChI is InChI=1S/C14H11Cl2N3S/c1-19-14(17)12(8-2-4-9(15)5-3-8)13(18-19)10-6-7-11(16)20-10/h2-7H,17H2,1H3. The van der Waals surface area contributed by atoms with Crippen molar-refractivity contribution in [2.45, 2.75) is 0 Å². The Bertz CT molecular complexity index is 759. The maximum atomic E-state index is 6.16. The van der Waals surface area contributed by atoms with Gasteiger partial charge >= 0.3 is 0 Å². The average molecular weight is 324 g/mol. The molecule has 0 aliphatic carbocycles. The van der Waals surface area contributed by atoms with Crippen molar-refractivity contribution >= 4 is 40.4 Å². The van der Waals surface area contributed by atoms with Gasteiger partial charge in [-0.2, -0.15) is 5.10 Å². The molecule has 102 valence electrons. The van der Waals surface area contributed by atoms with E-state index in [4.69, 9.17) is 28.9 Å². The smallest absolute Gasteiger partial charge is 0.129 e. The summed E-state index contributed by atoms with van der Waals surface area (Å²) in [5, 5.41) is 5.19. The van der Waals surface area contributed by atoms with Gasteiger partial charge in [-0.15, -0.1) is 11.3 Å². The van der Waals surface area contributed by atoms with Crippen molar-refractivity contribution in [1.29, 1.82) is 0 Å². The zero-order valence-corrected chi connectivity index (χ0v) is 12.9. The minimum Gasteiger partial charge on any atom is -0.383 e. The topological polar surface area (TPSA) is 43.8 Å². The fourth-order valence-electron chi connectivity index (χ4n) is 2.05. The number of benzene rings is 1. The molecule has 0 spiro atoms. The molecule has 1 aromatic carbocycles. The second kappa shape index (κ2) is 5.13. The molecule has 0 atom stereocenters. The molecule has 0 aliphatic rings. The molecular weight excluding hydrogens is 313 g/mol. The summed E-state index contributed by atoms with van der Waals surface area (Å²) in [6.45, 7) is 0. The highest BCUT2D eigenvalue weighted by molar-refractivity contribution is 7.19. The maximum Gasteiger partial charge on any atom is 0.129 e. The van der Waals surface area contributed by atoms with Gasteiger partial charge in [0.2, 0.25) is 0 Å². The van der Waals surface area contributed by atoms with E-state index >= 15 is 0 Å². The predicted molar refractivity (Wildman–Crippen MR) is 86.4 cm³/mol. The van der Waals surface area contributed by atoms with Gasteiger partial charge in [0.25, 0.3) is 0 Å². The van der Waals surface area contributed by atoms with E-state index in [1.807, 2.05) is 43.4 Å². The van der Waals surface area contributed by atoms with Crippen molar-refractivity contribution in [3.8, 4) is 21.7 Å². The zero-order valence-electron chi connectivity index (χ0n) is 10.6. The highest BCUT2D eigenvalue weighted by Crippen LogP contribution is 2.39. The molecular formula is C14H11Cl2N3S. The molecule has 0 saturated carbocycles. The molecule has 0 unspecified atom stereocenters. The van der Waals surface area contributed by atoms with Crippen molar-refractivity contribution in [3.05, 3.63) is 45.8 Å². The Morgan fingerprint density at radius 1 is 1.10 bits per heavy atom. The largest absolute Gasteiger partial charge is 0.383 e. The lowest BCUT2D eigenvalue weighted by Gasteiger charge is -2.03. The first-order valence-corrected chi connectivity index (χ1v) is 7.47. The van der Waals surface area contributed by atoms with Crippen molar-refractivity contribution in [2.24, 2.45) is 7.05 Å². The first-order valence-electron chi connectivity index (χ1n) is 5.90. The number of halogens is 2. The van der Waals surface area contributed by atoms with Gasteiger partial charge in [0.05, 0.1) is 14.8 Å². The Balaban J connectivity index is 2.21. The summed E-state index contributed by atoms with van der Waals surface area (Å²) in [7, 11) is 1.83. The summed E-state index contributed by atoms with van der Waals surface area (Å²) >= 11 is 13.4. The van der Waals surface area contributed by atoms with Crippen LogP contribution in [0, 0.1) is 0 Å². The first-order chi connectivity index (χ1) is 9.56. The number of nitrogens with zero attached hydrogens (tertiary/aromatic N) is 2. The number of aryl methyl sites for hydroxylation is 1. The summed E-state index contributed by atoms with van der Waals surface area (Å²) in [6.07, 6.45) is 0. The summed E-state index contributed by atoms with van der Waals surface area (Å²) in [5.74, 6) is 0.617. The summed E-state index contributed by atoms with van der Waals surface area (Å²) in [4.78, 5) is 0.993. The van der Waals surface area contributed by atoms with Crippen LogP contribution in [0.1, 0.15) is 0 Å². The number of anilines is 1. The van der Waals surface area contributed by atoms with E-state index in [0.29, 0.717) is 10.8 Å². The van der Waals surface area contributed by atoms with E-state index in [9.17, 15) is 0 Å². The van der Waals surface area contributed by atoms with Gasteiger partial charge in [0.1, 0.15) is 11.5 Å². The van der Waals surface area contributed by atoms with Crippen molar-refractivity contribution in [3.63, 3.8) is 0 Å². The number of nitrogens with two attached hydrogens (primary N) is 1. The molecule has 2 aromatic heterocycles. The molecule has 3 aromatic rings. The Morgan fingerprint density at radius 2 is 1.80 bits per heavy atom.